The van der Waals surface area contributed by atoms with E-state index in [4.69, 9.17) is 9.84 Å². The Bertz CT molecular complexity index is 233. The third-order valence-corrected chi connectivity index (χ3v) is 2.27. The maximum atomic E-state index is 9.57. The van der Waals surface area contributed by atoms with E-state index in [0.717, 1.165) is 0 Å². The molecular weight excluding hydrogens is 176 g/mol. The summed E-state index contributed by atoms with van der Waals surface area (Å²) in [5.74, 6) is -1.97. The lowest BCUT2D eigenvalue weighted by Crippen LogP contribution is -2.48. The first-order valence-corrected chi connectivity index (χ1v) is 3.99. The maximum absolute atomic E-state index is 9.57. The molecule has 4 N–H and O–H groups in total. The van der Waals surface area contributed by atoms with E-state index in [-0.39, 0.29) is 11.3 Å². The van der Waals surface area contributed by atoms with Gasteiger partial charge in [-0.1, -0.05) is 0 Å². The van der Waals surface area contributed by atoms with E-state index >= 15 is 0 Å². The maximum Gasteiger partial charge on any atom is 0.189 e. The van der Waals surface area contributed by atoms with Crippen LogP contribution in [0, 0.1) is 0 Å². The molecule has 1 aliphatic rings. The van der Waals surface area contributed by atoms with Gasteiger partial charge in [0.05, 0.1) is 6.61 Å². The van der Waals surface area contributed by atoms with E-state index in [0.29, 0.717) is 0 Å². The zero-order chi connectivity index (χ0) is 10.2. The molecule has 3 atom stereocenters. The predicted octanol–water partition coefficient (Wildman–Crippen LogP) is -0.721. The molecular formula is C8H14O5. The van der Waals surface area contributed by atoms with Gasteiger partial charge in [0, 0.05) is 5.57 Å². The molecule has 0 aliphatic carbocycles. The number of ether oxygens (including phenoxy) is 1. The molecule has 0 radical (unpaired) electrons. The summed E-state index contributed by atoms with van der Waals surface area (Å²) in [6.07, 6.45) is -2.26. The van der Waals surface area contributed by atoms with Gasteiger partial charge in [0.25, 0.3) is 0 Å². The molecule has 13 heavy (non-hydrogen) atoms. The van der Waals surface area contributed by atoms with E-state index in [2.05, 4.69) is 0 Å². The molecule has 0 aromatic carbocycles. The van der Waals surface area contributed by atoms with Crippen LogP contribution in [0.3, 0.4) is 0 Å². The molecule has 0 saturated heterocycles. The number of hydrogen-bond acceptors (Lipinski definition) is 5. The summed E-state index contributed by atoms with van der Waals surface area (Å²) >= 11 is 0. The monoisotopic (exact) mass is 190 g/mol. The number of hydrogen-bond donors (Lipinski definition) is 4. The zero-order valence-corrected chi connectivity index (χ0v) is 7.56. The van der Waals surface area contributed by atoms with Crippen molar-refractivity contribution in [3.63, 3.8) is 0 Å². The van der Waals surface area contributed by atoms with Crippen molar-refractivity contribution in [3.05, 3.63) is 11.3 Å². The van der Waals surface area contributed by atoms with Crippen molar-refractivity contribution in [1.82, 2.24) is 0 Å². The van der Waals surface area contributed by atoms with Crippen LogP contribution < -0.4 is 0 Å². The standard InChI is InChI=1S/C8H14O5/c1-4-6(10)7(11)5(3-9)13-8(4,2)12/h5,7,9-12H,3H2,1-2H3/t5?,7-,8+/m1/s1. The van der Waals surface area contributed by atoms with Crippen LogP contribution in [-0.2, 0) is 4.74 Å². The lowest BCUT2D eigenvalue weighted by molar-refractivity contribution is -0.234. The summed E-state index contributed by atoms with van der Waals surface area (Å²) in [6.45, 7) is 2.33. The fraction of sp³-hybridized carbons (Fsp3) is 0.750. The van der Waals surface area contributed by atoms with Gasteiger partial charge < -0.3 is 25.2 Å². The van der Waals surface area contributed by atoms with Crippen LogP contribution in [0.2, 0.25) is 0 Å². The second-order valence-corrected chi connectivity index (χ2v) is 3.28. The molecule has 0 saturated carbocycles. The van der Waals surface area contributed by atoms with Crippen LogP contribution in [0.5, 0.6) is 0 Å². The summed E-state index contributed by atoms with van der Waals surface area (Å²) in [5, 5.41) is 37.0. The Morgan fingerprint density at radius 3 is 2.54 bits per heavy atom. The van der Waals surface area contributed by atoms with Crippen LogP contribution in [0.15, 0.2) is 11.3 Å². The van der Waals surface area contributed by atoms with Gasteiger partial charge in [-0.15, -0.1) is 0 Å². The van der Waals surface area contributed by atoms with Crippen molar-refractivity contribution in [2.75, 3.05) is 6.61 Å². The molecule has 1 aliphatic heterocycles. The van der Waals surface area contributed by atoms with Crippen LogP contribution >= 0.6 is 0 Å². The summed E-state index contributed by atoms with van der Waals surface area (Å²) in [6, 6.07) is 0. The molecule has 76 valence electrons. The molecule has 0 aromatic rings. The Morgan fingerprint density at radius 1 is 1.54 bits per heavy atom. The molecule has 0 fully saturated rings. The molecule has 0 amide bonds. The second kappa shape index (κ2) is 3.26. The Balaban J connectivity index is 3.01. The molecule has 0 bridgehead atoms. The minimum absolute atomic E-state index is 0.157. The number of aliphatic hydroxyl groups is 4. The minimum Gasteiger partial charge on any atom is -0.509 e. The summed E-state index contributed by atoms with van der Waals surface area (Å²) in [5.41, 5.74) is 0.157. The van der Waals surface area contributed by atoms with Crippen LogP contribution in [0.4, 0.5) is 0 Å². The van der Waals surface area contributed by atoms with Gasteiger partial charge in [-0.3, -0.25) is 0 Å². The van der Waals surface area contributed by atoms with Crippen molar-refractivity contribution < 1.29 is 25.2 Å². The lowest BCUT2D eigenvalue weighted by Gasteiger charge is -2.37. The van der Waals surface area contributed by atoms with Gasteiger partial charge in [0.2, 0.25) is 0 Å². The van der Waals surface area contributed by atoms with Gasteiger partial charge in [-0.2, -0.15) is 0 Å². The van der Waals surface area contributed by atoms with E-state index in [1.54, 1.807) is 0 Å². The predicted molar refractivity (Wildman–Crippen MR) is 43.9 cm³/mol. The van der Waals surface area contributed by atoms with E-state index in [1.807, 2.05) is 0 Å². The van der Waals surface area contributed by atoms with Gasteiger partial charge in [0.15, 0.2) is 5.79 Å². The quantitative estimate of drug-likeness (QED) is 0.438. The molecule has 0 aromatic heterocycles. The van der Waals surface area contributed by atoms with Gasteiger partial charge in [-0.05, 0) is 13.8 Å². The van der Waals surface area contributed by atoms with Gasteiger partial charge in [-0.25, -0.2) is 0 Å². The molecule has 1 unspecified atom stereocenters. The average Bonchev–Trinajstić information content (AvgIpc) is 2.08. The molecule has 5 nitrogen and oxygen atoms in total. The highest BCUT2D eigenvalue weighted by molar-refractivity contribution is 5.20. The lowest BCUT2D eigenvalue weighted by atomic mass is 9.98. The van der Waals surface area contributed by atoms with Crippen molar-refractivity contribution in [1.29, 1.82) is 0 Å². The smallest absolute Gasteiger partial charge is 0.189 e. The highest BCUT2D eigenvalue weighted by atomic mass is 16.6. The first-order valence-electron chi connectivity index (χ1n) is 3.99. The Hall–Kier alpha value is -0.620. The van der Waals surface area contributed by atoms with Crippen LogP contribution in [-0.4, -0.2) is 45.0 Å². The van der Waals surface area contributed by atoms with Crippen molar-refractivity contribution in [2.24, 2.45) is 0 Å². The molecule has 5 heteroatoms. The summed E-state index contributed by atoms with van der Waals surface area (Å²) in [7, 11) is 0. The normalized spacial score (nSPS) is 41.0. The van der Waals surface area contributed by atoms with E-state index in [1.165, 1.54) is 13.8 Å². The highest BCUT2D eigenvalue weighted by Gasteiger charge is 2.41. The van der Waals surface area contributed by atoms with Gasteiger partial charge >= 0.3 is 0 Å². The third kappa shape index (κ3) is 1.68. The first kappa shape index (κ1) is 10.5. The number of rotatable bonds is 1. The summed E-state index contributed by atoms with van der Waals surface area (Å²) < 4.78 is 4.96. The first-order chi connectivity index (χ1) is 5.90. The Labute approximate surface area is 75.9 Å². The Kier molecular flexibility index (Phi) is 2.63. The topological polar surface area (TPSA) is 90.2 Å². The highest BCUT2D eigenvalue weighted by Crippen LogP contribution is 2.30. The summed E-state index contributed by atoms with van der Waals surface area (Å²) in [4.78, 5) is 0. The molecule has 1 rings (SSSR count). The van der Waals surface area contributed by atoms with Crippen LogP contribution in [0.25, 0.3) is 0 Å². The third-order valence-electron chi connectivity index (χ3n) is 2.27. The molecule has 0 spiro atoms. The molecule has 1 heterocycles. The van der Waals surface area contributed by atoms with Gasteiger partial charge in [0.1, 0.15) is 18.0 Å². The van der Waals surface area contributed by atoms with Crippen molar-refractivity contribution in [2.45, 2.75) is 31.8 Å². The average molecular weight is 190 g/mol. The minimum atomic E-state index is -1.63. The van der Waals surface area contributed by atoms with E-state index in [9.17, 15) is 15.3 Å². The fourth-order valence-corrected chi connectivity index (χ4v) is 1.22. The fourth-order valence-electron chi connectivity index (χ4n) is 1.22. The SMILES string of the molecule is CC1=C(O)[C@H](O)C(CO)O[C@]1(C)O. The second-order valence-electron chi connectivity index (χ2n) is 3.28. The Morgan fingerprint density at radius 2 is 2.08 bits per heavy atom. The largest absolute Gasteiger partial charge is 0.509 e. The number of aliphatic hydroxyl groups excluding tert-OH is 3. The van der Waals surface area contributed by atoms with Crippen molar-refractivity contribution >= 4 is 0 Å². The zero-order valence-electron chi connectivity index (χ0n) is 7.56. The van der Waals surface area contributed by atoms with E-state index < -0.39 is 24.6 Å². The van der Waals surface area contributed by atoms with Crippen LogP contribution in [0.1, 0.15) is 13.8 Å². The van der Waals surface area contributed by atoms with Crippen molar-refractivity contribution in [3.8, 4) is 0 Å².